The molecule has 11 heteroatoms. The lowest BCUT2D eigenvalue weighted by molar-refractivity contribution is -0.139. The summed E-state index contributed by atoms with van der Waals surface area (Å²) in [5.41, 5.74) is -0.0592. The summed E-state index contributed by atoms with van der Waals surface area (Å²) >= 11 is 0. The largest absolute Gasteiger partial charge is 0.405 e. The summed E-state index contributed by atoms with van der Waals surface area (Å²) in [6.07, 6.45) is -1.80. The average molecular weight is 387 g/mol. The Morgan fingerprint density at radius 3 is 2.78 bits per heavy atom. The van der Waals surface area contributed by atoms with E-state index in [0.29, 0.717) is 6.42 Å². The van der Waals surface area contributed by atoms with Gasteiger partial charge in [0.25, 0.3) is 0 Å². The third-order valence-electron chi connectivity index (χ3n) is 4.02. The van der Waals surface area contributed by atoms with E-state index in [2.05, 4.69) is 15.0 Å². The van der Waals surface area contributed by atoms with Crippen LogP contribution in [0.15, 0.2) is 24.5 Å². The Hall–Kier alpha value is -2.85. The maximum atomic E-state index is 14.3. The van der Waals surface area contributed by atoms with Crippen molar-refractivity contribution in [3.05, 3.63) is 36.3 Å². The van der Waals surface area contributed by atoms with E-state index in [1.165, 1.54) is 23.2 Å². The fraction of sp³-hybridized carbons (Fsp3) is 0.375. The fourth-order valence-electron chi connectivity index (χ4n) is 2.84. The minimum atomic E-state index is -4.55. The van der Waals surface area contributed by atoms with Gasteiger partial charge in [-0.25, -0.2) is 19.3 Å². The fourth-order valence-corrected chi connectivity index (χ4v) is 2.84. The predicted molar refractivity (Wildman–Crippen MR) is 84.6 cm³/mol. The van der Waals surface area contributed by atoms with Crippen molar-refractivity contribution in [3.8, 4) is 11.4 Å². The van der Waals surface area contributed by atoms with E-state index >= 15 is 0 Å². The lowest BCUT2D eigenvalue weighted by Crippen LogP contribution is -2.46. The second kappa shape index (κ2) is 7.41. The molecule has 3 rings (SSSR count). The van der Waals surface area contributed by atoms with Crippen LogP contribution in [0, 0.1) is 11.8 Å². The highest BCUT2D eigenvalue weighted by Crippen LogP contribution is 2.28. The summed E-state index contributed by atoms with van der Waals surface area (Å²) in [6.45, 7) is -1.26. The molecule has 0 bridgehead atoms. The molecule has 2 aromatic heterocycles. The molecular weight excluding hydrogens is 373 g/mol. The minimum absolute atomic E-state index is 0.0592. The second-order valence-electron chi connectivity index (χ2n) is 5.89. The molecule has 0 unspecified atom stereocenters. The molecule has 0 aromatic carbocycles. The molecule has 1 amide bonds. The maximum Gasteiger partial charge on any atom is 0.405 e. The summed E-state index contributed by atoms with van der Waals surface area (Å²) < 4.78 is 65.0. The summed E-state index contributed by atoms with van der Waals surface area (Å²) in [5.74, 6) is -3.00. The minimum Gasteiger partial charge on any atom is -0.345 e. The van der Waals surface area contributed by atoms with Crippen molar-refractivity contribution in [2.24, 2.45) is 0 Å². The summed E-state index contributed by atoms with van der Waals surface area (Å²) in [5, 5.41) is 1.80. The molecular formula is C16H14F5N5O. The molecule has 0 radical (unpaired) electrons. The first kappa shape index (κ1) is 18.9. The number of carbonyl (C=O) groups is 1. The van der Waals surface area contributed by atoms with Gasteiger partial charge >= 0.3 is 6.18 Å². The SMILES string of the molecule is O=C(NCC(F)(F)F)[C@@H]1CCCN1c1nc(-c2cccnc2F)ncc1F. The number of nitrogens with zero attached hydrogens (tertiary/aromatic N) is 4. The number of halogens is 5. The Morgan fingerprint density at radius 2 is 2.07 bits per heavy atom. The van der Waals surface area contributed by atoms with Crippen molar-refractivity contribution in [1.29, 1.82) is 0 Å². The van der Waals surface area contributed by atoms with Gasteiger partial charge in [-0.1, -0.05) is 0 Å². The molecule has 144 valence electrons. The molecule has 0 saturated carbocycles. The molecule has 1 fully saturated rings. The number of hydrogen-bond acceptors (Lipinski definition) is 5. The van der Waals surface area contributed by atoms with E-state index < -0.39 is 36.4 Å². The number of alkyl halides is 3. The normalized spacial score (nSPS) is 17.2. The molecule has 1 aliphatic rings. The summed E-state index contributed by atoms with van der Waals surface area (Å²) in [4.78, 5) is 24.6. The van der Waals surface area contributed by atoms with Crippen molar-refractivity contribution in [2.75, 3.05) is 18.0 Å². The molecule has 0 spiro atoms. The van der Waals surface area contributed by atoms with Crippen LogP contribution in [0.5, 0.6) is 0 Å². The Morgan fingerprint density at radius 1 is 1.30 bits per heavy atom. The summed E-state index contributed by atoms with van der Waals surface area (Å²) in [7, 11) is 0. The lowest BCUT2D eigenvalue weighted by atomic mass is 10.2. The highest BCUT2D eigenvalue weighted by molar-refractivity contribution is 5.85. The number of hydrogen-bond donors (Lipinski definition) is 1. The van der Waals surface area contributed by atoms with Crippen LogP contribution in [0.4, 0.5) is 27.8 Å². The van der Waals surface area contributed by atoms with Gasteiger partial charge in [0.1, 0.15) is 12.6 Å². The molecule has 1 saturated heterocycles. The van der Waals surface area contributed by atoms with Gasteiger partial charge in [-0.2, -0.15) is 17.6 Å². The third kappa shape index (κ3) is 4.29. The van der Waals surface area contributed by atoms with Gasteiger partial charge in [0.05, 0.1) is 11.8 Å². The third-order valence-corrected chi connectivity index (χ3v) is 4.02. The van der Waals surface area contributed by atoms with Gasteiger partial charge < -0.3 is 10.2 Å². The van der Waals surface area contributed by atoms with Gasteiger partial charge in [-0.15, -0.1) is 0 Å². The molecule has 3 heterocycles. The highest BCUT2D eigenvalue weighted by Gasteiger charge is 2.36. The lowest BCUT2D eigenvalue weighted by Gasteiger charge is -2.25. The van der Waals surface area contributed by atoms with Gasteiger partial charge in [-0.3, -0.25) is 4.79 Å². The first-order chi connectivity index (χ1) is 12.8. The average Bonchev–Trinajstić information content (AvgIpc) is 3.10. The molecule has 1 atom stereocenters. The number of amides is 1. The molecule has 0 aliphatic carbocycles. The van der Waals surface area contributed by atoms with Crippen LogP contribution in [-0.2, 0) is 4.79 Å². The number of anilines is 1. The Balaban J connectivity index is 1.87. The van der Waals surface area contributed by atoms with Crippen LogP contribution >= 0.6 is 0 Å². The van der Waals surface area contributed by atoms with Crippen LogP contribution in [0.1, 0.15) is 12.8 Å². The standard InChI is InChI=1S/C16H14F5N5O/c17-10-7-23-13(9-3-1-5-22-12(9)18)25-14(10)26-6-2-4-11(26)15(27)24-8-16(19,20)21/h1,3,5,7,11H,2,4,6,8H2,(H,24,27)/t11-/m0/s1. The van der Waals surface area contributed by atoms with E-state index in [-0.39, 0.29) is 30.2 Å². The second-order valence-corrected chi connectivity index (χ2v) is 5.89. The highest BCUT2D eigenvalue weighted by atomic mass is 19.4. The smallest absolute Gasteiger partial charge is 0.345 e. The molecule has 27 heavy (non-hydrogen) atoms. The van der Waals surface area contributed by atoms with E-state index in [1.807, 2.05) is 0 Å². The molecule has 6 nitrogen and oxygen atoms in total. The van der Waals surface area contributed by atoms with E-state index in [4.69, 9.17) is 0 Å². The zero-order valence-corrected chi connectivity index (χ0v) is 13.8. The van der Waals surface area contributed by atoms with Gasteiger partial charge in [0, 0.05) is 12.7 Å². The van der Waals surface area contributed by atoms with Crippen LogP contribution in [0.25, 0.3) is 11.4 Å². The van der Waals surface area contributed by atoms with Crippen LogP contribution < -0.4 is 10.2 Å². The van der Waals surface area contributed by atoms with Crippen molar-refractivity contribution in [2.45, 2.75) is 25.1 Å². The summed E-state index contributed by atoms with van der Waals surface area (Å²) in [6, 6.07) is 1.80. The maximum absolute atomic E-state index is 14.3. The molecule has 1 aliphatic heterocycles. The molecule has 2 aromatic rings. The van der Waals surface area contributed by atoms with Crippen molar-refractivity contribution in [3.63, 3.8) is 0 Å². The van der Waals surface area contributed by atoms with Crippen molar-refractivity contribution in [1.82, 2.24) is 20.3 Å². The quantitative estimate of drug-likeness (QED) is 0.645. The predicted octanol–water partition coefficient (Wildman–Crippen LogP) is 2.46. The number of rotatable bonds is 4. The van der Waals surface area contributed by atoms with E-state index in [9.17, 15) is 26.7 Å². The number of aromatic nitrogens is 3. The zero-order chi connectivity index (χ0) is 19.6. The Kier molecular flexibility index (Phi) is 5.19. The van der Waals surface area contributed by atoms with Crippen molar-refractivity contribution < 1.29 is 26.7 Å². The topological polar surface area (TPSA) is 71.0 Å². The Labute approximate surface area is 150 Å². The van der Waals surface area contributed by atoms with Gasteiger partial charge in [0.15, 0.2) is 17.5 Å². The zero-order valence-electron chi connectivity index (χ0n) is 13.8. The van der Waals surface area contributed by atoms with Gasteiger partial charge in [-0.05, 0) is 25.0 Å². The van der Waals surface area contributed by atoms with E-state index in [0.717, 1.165) is 6.20 Å². The van der Waals surface area contributed by atoms with Crippen LogP contribution in [0.3, 0.4) is 0 Å². The number of carbonyl (C=O) groups excluding carboxylic acids is 1. The molecule has 1 N–H and O–H groups in total. The first-order valence-corrected chi connectivity index (χ1v) is 8.01. The monoisotopic (exact) mass is 387 g/mol. The van der Waals surface area contributed by atoms with Crippen molar-refractivity contribution >= 4 is 11.7 Å². The Bertz CT molecular complexity index is 844. The van der Waals surface area contributed by atoms with Crippen LogP contribution in [-0.4, -0.2) is 46.2 Å². The van der Waals surface area contributed by atoms with Crippen LogP contribution in [0.2, 0.25) is 0 Å². The van der Waals surface area contributed by atoms with Gasteiger partial charge in [0.2, 0.25) is 11.9 Å². The first-order valence-electron chi connectivity index (χ1n) is 8.01. The number of nitrogens with one attached hydrogen (secondary N) is 1. The number of pyridine rings is 1. The van der Waals surface area contributed by atoms with E-state index in [1.54, 1.807) is 5.32 Å².